The molecule has 0 radical (unpaired) electrons. The average Bonchev–Trinajstić information content (AvgIpc) is 2.07. The number of hydrogen-bond acceptors (Lipinski definition) is 2. The van der Waals surface area contributed by atoms with E-state index in [4.69, 9.17) is 4.74 Å². The molecule has 0 unspecified atom stereocenters. The lowest BCUT2D eigenvalue weighted by atomic mass is 10.1. The Kier molecular flexibility index (Phi) is 6.85. The molecule has 0 saturated heterocycles. The SMILES string of the molecule is CCOCC(C)=CCCNC(C)(C)C. The number of rotatable bonds is 6. The zero-order valence-electron chi connectivity index (χ0n) is 10.3. The van der Waals surface area contributed by atoms with E-state index in [-0.39, 0.29) is 5.54 Å². The smallest absolute Gasteiger partial charge is 0.0673 e. The van der Waals surface area contributed by atoms with Gasteiger partial charge in [-0.05, 0) is 47.6 Å². The van der Waals surface area contributed by atoms with E-state index < -0.39 is 0 Å². The molecule has 2 heteroatoms. The second-order valence-corrected chi connectivity index (χ2v) is 4.65. The first-order valence-electron chi connectivity index (χ1n) is 5.44. The maximum Gasteiger partial charge on any atom is 0.0673 e. The summed E-state index contributed by atoms with van der Waals surface area (Å²) in [6.07, 6.45) is 3.32. The first kappa shape index (κ1) is 13.7. The van der Waals surface area contributed by atoms with Crippen LogP contribution in [0, 0.1) is 0 Å². The van der Waals surface area contributed by atoms with Crippen LogP contribution in [0.15, 0.2) is 11.6 Å². The molecule has 0 fully saturated rings. The van der Waals surface area contributed by atoms with Gasteiger partial charge in [0.15, 0.2) is 0 Å². The molecule has 1 N–H and O–H groups in total. The summed E-state index contributed by atoms with van der Waals surface area (Å²) in [5.74, 6) is 0. The normalized spacial score (nSPS) is 13.4. The van der Waals surface area contributed by atoms with Gasteiger partial charge in [0.05, 0.1) is 6.61 Å². The number of nitrogens with one attached hydrogen (secondary N) is 1. The van der Waals surface area contributed by atoms with E-state index in [1.54, 1.807) is 0 Å². The maximum atomic E-state index is 5.30. The molecule has 0 amide bonds. The minimum atomic E-state index is 0.224. The fourth-order valence-electron chi connectivity index (χ4n) is 1.09. The van der Waals surface area contributed by atoms with Crippen molar-refractivity contribution in [1.82, 2.24) is 5.32 Å². The van der Waals surface area contributed by atoms with Crippen molar-refractivity contribution in [3.8, 4) is 0 Å². The third-order valence-electron chi connectivity index (χ3n) is 1.83. The highest BCUT2D eigenvalue weighted by molar-refractivity contribution is 4.98. The van der Waals surface area contributed by atoms with E-state index in [1.807, 2.05) is 6.92 Å². The number of ether oxygens (including phenoxy) is 1. The van der Waals surface area contributed by atoms with Crippen molar-refractivity contribution in [3.63, 3.8) is 0 Å². The minimum absolute atomic E-state index is 0.224. The predicted octanol–water partition coefficient (Wildman–Crippen LogP) is 2.75. The van der Waals surface area contributed by atoms with Crippen molar-refractivity contribution in [3.05, 3.63) is 11.6 Å². The Hall–Kier alpha value is -0.340. The van der Waals surface area contributed by atoms with Crippen LogP contribution in [0.25, 0.3) is 0 Å². The molecular weight excluding hydrogens is 174 g/mol. The Morgan fingerprint density at radius 1 is 1.36 bits per heavy atom. The molecule has 0 heterocycles. The summed E-state index contributed by atoms with van der Waals surface area (Å²) in [7, 11) is 0. The van der Waals surface area contributed by atoms with Gasteiger partial charge in [-0.2, -0.15) is 0 Å². The van der Waals surface area contributed by atoms with Gasteiger partial charge in [-0.1, -0.05) is 11.6 Å². The van der Waals surface area contributed by atoms with E-state index in [0.29, 0.717) is 0 Å². The van der Waals surface area contributed by atoms with Crippen LogP contribution in [0.5, 0.6) is 0 Å². The molecule has 0 aliphatic carbocycles. The summed E-state index contributed by atoms with van der Waals surface area (Å²) in [5.41, 5.74) is 1.55. The van der Waals surface area contributed by atoms with E-state index in [2.05, 4.69) is 39.1 Å². The Labute approximate surface area is 88.7 Å². The van der Waals surface area contributed by atoms with Gasteiger partial charge in [0.2, 0.25) is 0 Å². The van der Waals surface area contributed by atoms with Crippen LogP contribution in [0.2, 0.25) is 0 Å². The van der Waals surface area contributed by atoms with Crippen LogP contribution in [-0.4, -0.2) is 25.3 Å². The van der Waals surface area contributed by atoms with Gasteiger partial charge < -0.3 is 10.1 Å². The third kappa shape index (κ3) is 9.75. The van der Waals surface area contributed by atoms with Crippen LogP contribution < -0.4 is 5.32 Å². The maximum absolute atomic E-state index is 5.30. The summed E-state index contributed by atoms with van der Waals surface area (Å²) in [6, 6.07) is 0. The third-order valence-corrected chi connectivity index (χ3v) is 1.83. The Morgan fingerprint density at radius 2 is 2.00 bits per heavy atom. The van der Waals surface area contributed by atoms with Gasteiger partial charge in [0, 0.05) is 12.1 Å². The monoisotopic (exact) mass is 199 g/mol. The molecule has 0 bridgehead atoms. The summed E-state index contributed by atoms with van der Waals surface area (Å²) in [6.45, 7) is 13.3. The van der Waals surface area contributed by atoms with Crippen molar-refractivity contribution in [2.45, 2.75) is 46.6 Å². The van der Waals surface area contributed by atoms with Crippen LogP contribution in [0.1, 0.15) is 41.0 Å². The van der Waals surface area contributed by atoms with Crippen molar-refractivity contribution in [2.24, 2.45) is 0 Å². The quantitative estimate of drug-likeness (QED) is 0.524. The average molecular weight is 199 g/mol. The lowest BCUT2D eigenvalue weighted by Gasteiger charge is -2.19. The predicted molar refractivity (Wildman–Crippen MR) is 62.6 cm³/mol. The molecule has 0 aliphatic heterocycles. The van der Waals surface area contributed by atoms with Gasteiger partial charge in [-0.3, -0.25) is 0 Å². The fourth-order valence-corrected chi connectivity index (χ4v) is 1.09. The molecule has 84 valence electrons. The lowest BCUT2D eigenvalue weighted by Crippen LogP contribution is -2.36. The van der Waals surface area contributed by atoms with E-state index in [0.717, 1.165) is 26.2 Å². The first-order valence-corrected chi connectivity index (χ1v) is 5.44. The molecular formula is C12H25NO. The van der Waals surface area contributed by atoms with E-state index in [9.17, 15) is 0 Å². The molecule has 14 heavy (non-hydrogen) atoms. The molecule has 0 atom stereocenters. The molecule has 0 saturated carbocycles. The van der Waals surface area contributed by atoms with Crippen molar-refractivity contribution >= 4 is 0 Å². The molecule has 0 rings (SSSR count). The molecule has 0 aliphatic rings. The molecule has 2 nitrogen and oxygen atoms in total. The van der Waals surface area contributed by atoms with Gasteiger partial charge in [-0.25, -0.2) is 0 Å². The minimum Gasteiger partial charge on any atom is -0.377 e. The van der Waals surface area contributed by atoms with E-state index in [1.165, 1.54) is 5.57 Å². The van der Waals surface area contributed by atoms with Crippen LogP contribution >= 0.6 is 0 Å². The topological polar surface area (TPSA) is 21.3 Å². The van der Waals surface area contributed by atoms with Crippen LogP contribution in [0.3, 0.4) is 0 Å². The summed E-state index contributed by atoms with van der Waals surface area (Å²) in [4.78, 5) is 0. The highest BCUT2D eigenvalue weighted by Gasteiger charge is 2.06. The van der Waals surface area contributed by atoms with Gasteiger partial charge in [-0.15, -0.1) is 0 Å². The molecule has 0 aromatic rings. The van der Waals surface area contributed by atoms with Gasteiger partial charge >= 0.3 is 0 Å². The first-order chi connectivity index (χ1) is 6.45. The fraction of sp³-hybridized carbons (Fsp3) is 0.833. The van der Waals surface area contributed by atoms with Crippen molar-refractivity contribution in [2.75, 3.05) is 19.8 Å². The second kappa shape index (κ2) is 7.02. The Bertz CT molecular complexity index is 168. The largest absolute Gasteiger partial charge is 0.377 e. The zero-order valence-corrected chi connectivity index (χ0v) is 10.3. The highest BCUT2D eigenvalue weighted by atomic mass is 16.5. The zero-order chi connectivity index (χ0) is 11.0. The molecule has 0 aromatic heterocycles. The van der Waals surface area contributed by atoms with Gasteiger partial charge in [0.1, 0.15) is 0 Å². The second-order valence-electron chi connectivity index (χ2n) is 4.65. The van der Waals surface area contributed by atoms with Crippen molar-refractivity contribution < 1.29 is 4.74 Å². The Balaban J connectivity index is 3.51. The van der Waals surface area contributed by atoms with Crippen LogP contribution in [0.4, 0.5) is 0 Å². The van der Waals surface area contributed by atoms with Crippen molar-refractivity contribution in [1.29, 1.82) is 0 Å². The summed E-state index contributed by atoms with van der Waals surface area (Å²) < 4.78 is 5.30. The van der Waals surface area contributed by atoms with Gasteiger partial charge in [0.25, 0.3) is 0 Å². The standard InChI is InChI=1S/C12H25NO/c1-6-14-10-11(2)8-7-9-13-12(3,4)5/h8,13H,6-7,9-10H2,1-5H3. The molecule has 0 aromatic carbocycles. The highest BCUT2D eigenvalue weighted by Crippen LogP contribution is 2.00. The molecule has 0 spiro atoms. The summed E-state index contributed by atoms with van der Waals surface area (Å²) in [5, 5.41) is 3.45. The van der Waals surface area contributed by atoms with Crippen LogP contribution in [-0.2, 0) is 4.74 Å². The van der Waals surface area contributed by atoms with E-state index >= 15 is 0 Å². The Morgan fingerprint density at radius 3 is 2.50 bits per heavy atom. The number of hydrogen-bond donors (Lipinski definition) is 1. The summed E-state index contributed by atoms with van der Waals surface area (Å²) >= 11 is 0. The lowest BCUT2D eigenvalue weighted by molar-refractivity contribution is 0.170.